The van der Waals surface area contributed by atoms with E-state index in [-0.39, 0.29) is 12.6 Å². The lowest BCUT2D eigenvalue weighted by Crippen LogP contribution is -2.49. The summed E-state index contributed by atoms with van der Waals surface area (Å²) in [4.78, 5) is 26.4. The van der Waals surface area contributed by atoms with Crippen LogP contribution >= 0.6 is 11.8 Å². The molecule has 0 aromatic heterocycles. The first kappa shape index (κ1) is 13.1. The molecule has 2 fully saturated rings. The lowest BCUT2D eigenvalue weighted by atomic mass is 10.3. The van der Waals surface area contributed by atoms with Gasteiger partial charge in [-0.1, -0.05) is 5.92 Å². The van der Waals surface area contributed by atoms with Crippen LogP contribution in [0.5, 0.6) is 0 Å². The number of rotatable bonds is 4. The van der Waals surface area contributed by atoms with Gasteiger partial charge in [0.2, 0.25) is 0 Å². The molecule has 1 atom stereocenters. The van der Waals surface area contributed by atoms with Crippen LogP contribution in [0.15, 0.2) is 0 Å². The molecule has 1 aliphatic heterocycles. The Hall–Kier alpha value is -1.35. The number of carbonyl (C=O) groups is 2. The third-order valence-electron chi connectivity index (χ3n) is 3.14. The molecule has 6 heteroatoms. The van der Waals surface area contributed by atoms with Gasteiger partial charge in [0, 0.05) is 12.3 Å². The molecule has 1 N–H and O–H groups in total. The monoisotopic (exact) mass is 268 g/mol. The highest BCUT2D eigenvalue weighted by molar-refractivity contribution is 7.99. The predicted molar refractivity (Wildman–Crippen MR) is 69.1 cm³/mol. The molecule has 0 aromatic rings. The second kappa shape index (κ2) is 5.53. The Bertz CT molecular complexity index is 389. The summed E-state index contributed by atoms with van der Waals surface area (Å²) in [5.74, 6) is 2.96. The summed E-state index contributed by atoms with van der Waals surface area (Å²) in [6.07, 6.45) is 7.53. The van der Waals surface area contributed by atoms with E-state index in [0.717, 1.165) is 12.8 Å². The van der Waals surface area contributed by atoms with E-state index in [9.17, 15) is 9.59 Å². The second-order valence-electron chi connectivity index (χ2n) is 4.63. The van der Waals surface area contributed by atoms with Gasteiger partial charge in [0.15, 0.2) is 0 Å². The van der Waals surface area contributed by atoms with Crippen LogP contribution in [0.3, 0.4) is 0 Å². The van der Waals surface area contributed by atoms with Crippen LogP contribution < -0.4 is 0 Å². The van der Waals surface area contributed by atoms with E-state index in [0.29, 0.717) is 24.1 Å². The molecular formula is C12H16N2O3S. The first-order chi connectivity index (χ1) is 8.63. The topological polar surface area (TPSA) is 60.9 Å². The summed E-state index contributed by atoms with van der Waals surface area (Å²) in [5, 5.41) is 9.07. The van der Waals surface area contributed by atoms with E-state index in [1.807, 2.05) is 0 Å². The van der Waals surface area contributed by atoms with Crippen molar-refractivity contribution in [3.63, 3.8) is 0 Å². The number of hydrogen-bond acceptors (Lipinski definition) is 3. The van der Waals surface area contributed by atoms with E-state index >= 15 is 0 Å². The number of carbonyl (C=O) groups excluding carboxylic acids is 1. The van der Waals surface area contributed by atoms with Crippen molar-refractivity contribution >= 4 is 23.8 Å². The van der Waals surface area contributed by atoms with Crippen molar-refractivity contribution < 1.29 is 14.7 Å². The van der Waals surface area contributed by atoms with E-state index in [1.165, 1.54) is 16.7 Å². The molecule has 1 saturated carbocycles. The first-order valence-corrected chi connectivity index (χ1v) is 7.08. The van der Waals surface area contributed by atoms with Crippen LogP contribution in [0.2, 0.25) is 0 Å². The average molecular weight is 268 g/mol. The van der Waals surface area contributed by atoms with Crippen molar-refractivity contribution in [3.05, 3.63) is 0 Å². The normalized spacial score (nSPS) is 22.6. The second-order valence-corrected chi connectivity index (χ2v) is 5.63. The van der Waals surface area contributed by atoms with Crippen LogP contribution in [0.4, 0.5) is 4.79 Å². The highest BCUT2D eigenvalue weighted by Crippen LogP contribution is 2.30. The van der Waals surface area contributed by atoms with Crippen LogP contribution in [-0.4, -0.2) is 57.7 Å². The van der Waals surface area contributed by atoms with E-state index < -0.39 is 12.0 Å². The number of urea groups is 1. The van der Waals surface area contributed by atoms with Crippen LogP contribution in [0, 0.1) is 18.3 Å². The molecule has 2 rings (SSSR count). The number of nitrogens with zero attached hydrogens (tertiary/aromatic N) is 2. The number of thioether (sulfide) groups is 1. The predicted octanol–water partition coefficient (Wildman–Crippen LogP) is 0.911. The first-order valence-electron chi connectivity index (χ1n) is 5.93. The SMILES string of the molecule is C#CCN(CC1CC1)C(=O)N1CSCC1C(=O)O. The number of hydrogen-bond donors (Lipinski definition) is 1. The summed E-state index contributed by atoms with van der Waals surface area (Å²) in [6.45, 7) is 0.902. The molecular weight excluding hydrogens is 252 g/mol. The number of aliphatic carboxylic acids is 1. The van der Waals surface area contributed by atoms with Gasteiger partial charge in [0.1, 0.15) is 6.04 Å². The maximum Gasteiger partial charge on any atom is 0.327 e. The highest BCUT2D eigenvalue weighted by Gasteiger charge is 2.37. The molecule has 0 bridgehead atoms. The maximum atomic E-state index is 12.3. The number of carboxylic acids is 1. The molecule has 1 unspecified atom stereocenters. The van der Waals surface area contributed by atoms with Crippen LogP contribution in [0.25, 0.3) is 0 Å². The van der Waals surface area contributed by atoms with Crippen molar-refractivity contribution in [2.24, 2.45) is 5.92 Å². The molecule has 0 spiro atoms. The Balaban J connectivity index is 2.02. The third kappa shape index (κ3) is 2.91. The summed E-state index contributed by atoms with van der Waals surface area (Å²) in [5.41, 5.74) is 0. The Labute approximate surface area is 111 Å². The van der Waals surface area contributed by atoms with Crippen LogP contribution in [-0.2, 0) is 4.79 Å². The molecule has 2 aliphatic rings. The summed E-state index contributed by atoms with van der Waals surface area (Å²) >= 11 is 1.46. The van der Waals surface area contributed by atoms with Gasteiger partial charge in [-0.05, 0) is 18.8 Å². The number of amides is 2. The van der Waals surface area contributed by atoms with Crippen molar-refractivity contribution in [3.8, 4) is 12.3 Å². The van der Waals surface area contributed by atoms with Crippen molar-refractivity contribution in [2.45, 2.75) is 18.9 Å². The standard InChI is InChI=1S/C12H16N2O3S/c1-2-5-13(6-9-3-4-9)12(17)14-8-18-7-10(14)11(15)16/h1,9-10H,3-8H2,(H,15,16). The van der Waals surface area contributed by atoms with Gasteiger partial charge in [-0.3, -0.25) is 0 Å². The summed E-state index contributed by atoms with van der Waals surface area (Å²) < 4.78 is 0. The van der Waals surface area contributed by atoms with Gasteiger partial charge in [-0.2, -0.15) is 0 Å². The molecule has 18 heavy (non-hydrogen) atoms. The maximum absolute atomic E-state index is 12.3. The average Bonchev–Trinajstić information content (AvgIpc) is 3.01. The fourth-order valence-electron chi connectivity index (χ4n) is 1.95. The Morgan fingerprint density at radius 3 is 2.78 bits per heavy atom. The molecule has 5 nitrogen and oxygen atoms in total. The summed E-state index contributed by atoms with van der Waals surface area (Å²) in [6, 6.07) is -0.959. The van der Waals surface area contributed by atoms with Gasteiger partial charge >= 0.3 is 12.0 Å². The minimum Gasteiger partial charge on any atom is -0.480 e. The molecule has 98 valence electrons. The lowest BCUT2D eigenvalue weighted by Gasteiger charge is -2.28. The van der Waals surface area contributed by atoms with Gasteiger partial charge in [-0.15, -0.1) is 18.2 Å². The summed E-state index contributed by atoms with van der Waals surface area (Å²) in [7, 11) is 0. The molecule has 1 saturated heterocycles. The Kier molecular flexibility index (Phi) is 4.02. The minimum absolute atomic E-state index is 0.239. The highest BCUT2D eigenvalue weighted by atomic mass is 32.2. The van der Waals surface area contributed by atoms with Crippen molar-refractivity contribution in [1.82, 2.24) is 9.80 Å². The fraction of sp³-hybridized carbons (Fsp3) is 0.667. The minimum atomic E-state index is -0.944. The lowest BCUT2D eigenvalue weighted by molar-refractivity contribution is -0.140. The zero-order chi connectivity index (χ0) is 13.1. The number of carboxylic acid groups (broad SMARTS) is 1. The largest absolute Gasteiger partial charge is 0.480 e. The molecule has 1 aliphatic carbocycles. The van der Waals surface area contributed by atoms with Crippen molar-refractivity contribution in [2.75, 3.05) is 24.7 Å². The van der Waals surface area contributed by atoms with Gasteiger partial charge < -0.3 is 14.9 Å². The van der Waals surface area contributed by atoms with Gasteiger partial charge in [0.05, 0.1) is 12.4 Å². The molecule has 2 amide bonds. The third-order valence-corrected chi connectivity index (χ3v) is 4.15. The smallest absolute Gasteiger partial charge is 0.327 e. The van der Waals surface area contributed by atoms with Crippen LogP contribution in [0.1, 0.15) is 12.8 Å². The Morgan fingerprint density at radius 1 is 1.50 bits per heavy atom. The molecule has 0 radical (unpaired) electrons. The quantitative estimate of drug-likeness (QED) is 0.770. The van der Waals surface area contributed by atoms with E-state index in [2.05, 4.69) is 5.92 Å². The van der Waals surface area contributed by atoms with Crippen molar-refractivity contribution in [1.29, 1.82) is 0 Å². The fourth-order valence-corrected chi connectivity index (χ4v) is 3.09. The molecule has 1 heterocycles. The Morgan fingerprint density at radius 2 is 2.22 bits per heavy atom. The van der Waals surface area contributed by atoms with Gasteiger partial charge in [0.25, 0.3) is 0 Å². The zero-order valence-electron chi connectivity index (χ0n) is 10.0. The van der Waals surface area contributed by atoms with Gasteiger partial charge in [-0.25, -0.2) is 9.59 Å². The van der Waals surface area contributed by atoms with E-state index in [1.54, 1.807) is 4.90 Å². The number of terminal acetylenes is 1. The van der Waals surface area contributed by atoms with E-state index in [4.69, 9.17) is 11.5 Å². The molecule has 0 aromatic carbocycles. The zero-order valence-corrected chi connectivity index (χ0v) is 10.9.